The maximum absolute atomic E-state index is 12.2. The lowest BCUT2D eigenvalue weighted by atomic mass is 10.2. The molecule has 8 heteroatoms. The van der Waals surface area contributed by atoms with Crippen molar-refractivity contribution in [3.05, 3.63) is 40.7 Å². The molecule has 0 fully saturated rings. The third-order valence-corrected chi connectivity index (χ3v) is 4.44. The summed E-state index contributed by atoms with van der Waals surface area (Å²) in [6, 6.07) is 5.00. The summed E-state index contributed by atoms with van der Waals surface area (Å²) < 4.78 is 15.3. The molecule has 25 heavy (non-hydrogen) atoms. The van der Waals surface area contributed by atoms with Gasteiger partial charge in [-0.2, -0.15) is 0 Å². The second kappa shape index (κ2) is 9.97. The number of methoxy groups -OCH3 is 1. The van der Waals surface area contributed by atoms with Crippen LogP contribution in [0.15, 0.2) is 28.9 Å². The van der Waals surface area contributed by atoms with E-state index in [1.54, 1.807) is 25.3 Å². The number of aryl methyl sites for hydroxylation is 1. The van der Waals surface area contributed by atoms with Gasteiger partial charge in [0.2, 0.25) is 0 Å². The minimum absolute atomic E-state index is 0.155. The number of amides is 2. The van der Waals surface area contributed by atoms with Crippen LogP contribution >= 0.6 is 11.3 Å². The second-order valence-electron chi connectivity index (χ2n) is 5.27. The molecule has 2 aromatic heterocycles. The Morgan fingerprint density at radius 1 is 1.24 bits per heavy atom. The number of ether oxygens (including phenoxy) is 2. The Bertz CT molecular complexity index is 681. The quantitative estimate of drug-likeness (QED) is 0.631. The highest BCUT2D eigenvalue weighted by Crippen LogP contribution is 2.27. The molecule has 2 N–H and O–H groups in total. The van der Waals surface area contributed by atoms with E-state index >= 15 is 0 Å². The Kier molecular flexibility index (Phi) is 7.65. The molecule has 0 unspecified atom stereocenters. The van der Waals surface area contributed by atoms with Gasteiger partial charge in [0.05, 0.1) is 29.4 Å². The van der Waals surface area contributed by atoms with Crippen molar-refractivity contribution in [1.29, 1.82) is 0 Å². The predicted octanol–water partition coefficient (Wildman–Crippen LogP) is 2.68. The molecule has 2 rings (SSSR count). The maximum Gasteiger partial charge on any atom is 0.291 e. The molecule has 2 amide bonds. The highest BCUT2D eigenvalue weighted by molar-refractivity contribution is 7.18. The highest BCUT2D eigenvalue weighted by atomic mass is 32.1. The molecule has 0 atom stereocenters. The predicted molar refractivity (Wildman–Crippen MR) is 95.4 cm³/mol. The zero-order chi connectivity index (χ0) is 18.1. The van der Waals surface area contributed by atoms with Crippen molar-refractivity contribution in [2.75, 3.05) is 38.8 Å². The number of furan rings is 1. The standard InChI is InChI=1S/C17H22N2O5S/c1-12-11-14(19-16(20)13-5-3-8-24-13)25-15(12)17(21)18-6-4-7-23-10-9-22-2/h3,5,8,11H,4,6-7,9-10H2,1-2H3,(H,18,21)(H,19,20). The monoisotopic (exact) mass is 366 g/mol. The summed E-state index contributed by atoms with van der Waals surface area (Å²) in [5.74, 6) is -0.269. The van der Waals surface area contributed by atoms with Gasteiger partial charge in [-0.25, -0.2) is 0 Å². The Balaban J connectivity index is 1.78. The van der Waals surface area contributed by atoms with E-state index in [1.807, 2.05) is 6.92 Å². The van der Waals surface area contributed by atoms with Gasteiger partial charge in [0, 0.05) is 20.3 Å². The maximum atomic E-state index is 12.2. The lowest BCUT2D eigenvalue weighted by Gasteiger charge is -2.05. The van der Waals surface area contributed by atoms with Crippen LogP contribution in [0.2, 0.25) is 0 Å². The molecular formula is C17H22N2O5S. The van der Waals surface area contributed by atoms with Crippen LogP contribution in [0.25, 0.3) is 0 Å². The van der Waals surface area contributed by atoms with Crippen molar-refractivity contribution in [3.8, 4) is 0 Å². The van der Waals surface area contributed by atoms with Crippen LogP contribution in [0, 0.1) is 6.92 Å². The Morgan fingerprint density at radius 3 is 2.80 bits per heavy atom. The first kappa shape index (κ1) is 19.2. The van der Waals surface area contributed by atoms with E-state index in [0.717, 1.165) is 12.0 Å². The Labute approximate surface area is 150 Å². The average molecular weight is 366 g/mol. The molecule has 2 heterocycles. The third kappa shape index (κ3) is 6.00. The van der Waals surface area contributed by atoms with Crippen molar-refractivity contribution in [2.45, 2.75) is 13.3 Å². The SMILES string of the molecule is COCCOCCCNC(=O)c1sc(NC(=O)c2ccco2)cc1C. The van der Waals surface area contributed by atoms with Crippen LogP contribution in [-0.4, -0.2) is 45.3 Å². The van der Waals surface area contributed by atoms with Gasteiger partial charge in [-0.05, 0) is 37.1 Å². The number of carbonyl (C=O) groups excluding carboxylic acids is 2. The average Bonchev–Trinajstić information content (AvgIpc) is 3.23. The van der Waals surface area contributed by atoms with Crippen molar-refractivity contribution in [3.63, 3.8) is 0 Å². The lowest BCUT2D eigenvalue weighted by Crippen LogP contribution is -2.25. The number of anilines is 1. The molecule has 0 aromatic carbocycles. The van der Waals surface area contributed by atoms with Gasteiger partial charge in [0.25, 0.3) is 11.8 Å². The molecular weight excluding hydrogens is 344 g/mol. The summed E-state index contributed by atoms with van der Waals surface area (Å²) in [5, 5.41) is 6.19. The highest BCUT2D eigenvalue weighted by Gasteiger charge is 2.16. The van der Waals surface area contributed by atoms with E-state index in [1.165, 1.54) is 17.6 Å². The first-order valence-electron chi connectivity index (χ1n) is 7.92. The van der Waals surface area contributed by atoms with E-state index in [4.69, 9.17) is 13.9 Å². The summed E-state index contributed by atoms with van der Waals surface area (Å²) in [5.41, 5.74) is 0.814. The summed E-state index contributed by atoms with van der Waals surface area (Å²) in [7, 11) is 1.62. The molecule has 0 aliphatic carbocycles. The number of carbonyl (C=O) groups is 2. The minimum Gasteiger partial charge on any atom is -0.459 e. The number of rotatable bonds is 10. The number of thiophene rings is 1. The normalized spacial score (nSPS) is 10.6. The van der Waals surface area contributed by atoms with Crippen LogP contribution in [0.3, 0.4) is 0 Å². The van der Waals surface area contributed by atoms with E-state index < -0.39 is 0 Å². The van der Waals surface area contributed by atoms with Crippen molar-refractivity contribution >= 4 is 28.2 Å². The van der Waals surface area contributed by atoms with E-state index in [9.17, 15) is 9.59 Å². The molecule has 136 valence electrons. The Morgan fingerprint density at radius 2 is 2.08 bits per heavy atom. The molecule has 0 saturated heterocycles. The Hall–Kier alpha value is -2.16. The van der Waals surface area contributed by atoms with Crippen molar-refractivity contribution < 1.29 is 23.5 Å². The van der Waals surface area contributed by atoms with E-state index in [-0.39, 0.29) is 17.6 Å². The van der Waals surface area contributed by atoms with E-state index in [2.05, 4.69) is 10.6 Å². The zero-order valence-electron chi connectivity index (χ0n) is 14.3. The topological polar surface area (TPSA) is 89.8 Å². The first-order valence-corrected chi connectivity index (χ1v) is 8.73. The molecule has 0 saturated carbocycles. The lowest BCUT2D eigenvalue weighted by molar-refractivity contribution is 0.0688. The van der Waals surface area contributed by atoms with Gasteiger partial charge < -0.3 is 24.5 Å². The van der Waals surface area contributed by atoms with Crippen molar-refractivity contribution in [1.82, 2.24) is 5.32 Å². The molecule has 0 bridgehead atoms. The van der Waals surface area contributed by atoms with Gasteiger partial charge in [0.1, 0.15) is 0 Å². The van der Waals surface area contributed by atoms with Crippen LogP contribution < -0.4 is 10.6 Å². The molecule has 0 aliphatic rings. The fraction of sp³-hybridized carbons (Fsp3) is 0.412. The van der Waals surface area contributed by atoms with Gasteiger partial charge in [-0.3, -0.25) is 9.59 Å². The van der Waals surface area contributed by atoms with Crippen LogP contribution in [0.4, 0.5) is 5.00 Å². The smallest absolute Gasteiger partial charge is 0.291 e. The fourth-order valence-corrected chi connectivity index (χ4v) is 3.04. The van der Waals surface area contributed by atoms with Crippen molar-refractivity contribution in [2.24, 2.45) is 0 Å². The summed E-state index contributed by atoms with van der Waals surface area (Å²) in [6.45, 7) is 4.04. The van der Waals surface area contributed by atoms with Crippen LogP contribution in [0.5, 0.6) is 0 Å². The number of hydrogen-bond acceptors (Lipinski definition) is 6. The minimum atomic E-state index is -0.341. The fourth-order valence-electron chi connectivity index (χ4n) is 2.05. The molecule has 2 aromatic rings. The van der Waals surface area contributed by atoms with Gasteiger partial charge in [-0.1, -0.05) is 0 Å². The summed E-state index contributed by atoms with van der Waals surface area (Å²) >= 11 is 1.23. The van der Waals surface area contributed by atoms with Gasteiger partial charge in [-0.15, -0.1) is 11.3 Å². The van der Waals surface area contributed by atoms with Gasteiger partial charge in [0.15, 0.2) is 5.76 Å². The molecule has 0 radical (unpaired) electrons. The third-order valence-electron chi connectivity index (χ3n) is 3.29. The summed E-state index contributed by atoms with van der Waals surface area (Å²) in [4.78, 5) is 24.8. The molecule has 0 aliphatic heterocycles. The molecule has 0 spiro atoms. The van der Waals surface area contributed by atoms with Crippen LogP contribution in [-0.2, 0) is 9.47 Å². The zero-order valence-corrected chi connectivity index (χ0v) is 15.1. The number of nitrogens with one attached hydrogen (secondary N) is 2. The molecule has 7 nitrogen and oxygen atoms in total. The summed E-state index contributed by atoms with van der Waals surface area (Å²) in [6.07, 6.45) is 2.16. The second-order valence-corrected chi connectivity index (χ2v) is 6.32. The van der Waals surface area contributed by atoms with Gasteiger partial charge >= 0.3 is 0 Å². The van der Waals surface area contributed by atoms with E-state index in [0.29, 0.717) is 36.2 Å². The number of hydrogen-bond donors (Lipinski definition) is 2. The largest absolute Gasteiger partial charge is 0.459 e. The first-order chi connectivity index (χ1) is 12.1. The van der Waals surface area contributed by atoms with Crippen LogP contribution in [0.1, 0.15) is 32.2 Å².